The number of benzene rings is 1. The Labute approximate surface area is 114 Å². The van der Waals surface area contributed by atoms with Crippen LogP contribution in [0.4, 0.5) is 11.4 Å². The van der Waals surface area contributed by atoms with Gasteiger partial charge in [0.15, 0.2) is 0 Å². The van der Waals surface area contributed by atoms with Gasteiger partial charge in [-0.15, -0.1) is 0 Å². The lowest BCUT2D eigenvalue weighted by Gasteiger charge is -2.28. The average Bonchev–Trinajstić information content (AvgIpc) is 2.56. The number of hydrogen-bond acceptors (Lipinski definition) is 3. The molecule has 4 N–H and O–H groups in total. The fourth-order valence-electron chi connectivity index (χ4n) is 2.63. The first-order valence-corrected chi connectivity index (χ1v) is 7.98. The standard InChI is InChI=1S/C13H21N3O2S/c1-13(2)8-4-7-12(13)15-10-5-3-6-11(9-10)16-19(14,17)18/h3,5-6,9,12,15-16H,4,7-8H2,1-2H3,(H2,14,17,18). The van der Waals surface area contributed by atoms with Crippen molar-refractivity contribution in [3.8, 4) is 0 Å². The summed E-state index contributed by atoms with van der Waals surface area (Å²) in [6.07, 6.45) is 3.57. The predicted molar refractivity (Wildman–Crippen MR) is 78.2 cm³/mol. The molecule has 0 bridgehead atoms. The van der Waals surface area contributed by atoms with Crippen molar-refractivity contribution in [1.29, 1.82) is 0 Å². The summed E-state index contributed by atoms with van der Waals surface area (Å²) in [6.45, 7) is 4.51. The van der Waals surface area contributed by atoms with Gasteiger partial charge in [0.1, 0.15) is 0 Å². The molecule has 0 radical (unpaired) electrons. The van der Waals surface area contributed by atoms with Gasteiger partial charge in [-0.05, 0) is 36.5 Å². The molecule has 0 saturated heterocycles. The quantitative estimate of drug-likeness (QED) is 0.792. The fraction of sp³-hybridized carbons (Fsp3) is 0.538. The van der Waals surface area contributed by atoms with Gasteiger partial charge in [-0.1, -0.05) is 26.3 Å². The van der Waals surface area contributed by atoms with E-state index in [0.717, 1.165) is 12.1 Å². The maximum absolute atomic E-state index is 11.0. The smallest absolute Gasteiger partial charge is 0.296 e. The van der Waals surface area contributed by atoms with E-state index in [9.17, 15) is 8.42 Å². The number of nitrogens with one attached hydrogen (secondary N) is 2. The monoisotopic (exact) mass is 283 g/mol. The molecule has 0 heterocycles. The number of nitrogens with two attached hydrogens (primary N) is 1. The van der Waals surface area contributed by atoms with Crippen molar-refractivity contribution in [3.63, 3.8) is 0 Å². The van der Waals surface area contributed by atoms with Crippen LogP contribution in [0.15, 0.2) is 24.3 Å². The molecule has 0 spiro atoms. The zero-order valence-electron chi connectivity index (χ0n) is 11.3. The van der Waals surface area contributed by atoms with Crippen molar-refractivity contribution in [2.75, 3.05) is 10.0 Å². The molecule has 5 nitrogen and oxygen atoms in total. The topological polar surface area (TPSA) is 84.2 Å². The Bertz CT molecular complexity index is 555. The highest BCUT2D eigenvalue weighted by atomic mass is 32.2. The minimum Gasteiger partial charge on any atom is -0.382 e. The molecule has 1 aliphatic rings. The second-order valence-corrected chi connectivity index (χ2v) is 7.10. The van der Waals surface area contributed by atoms with Crippen molar-refractivity contribution in [1.82, 2.24) is 0 Å². The second-order valence-electron chi connectivity index (χ2n) is 5.81. The Kier molecular flexibility index (Phi) is 3.73. The molecule has 1 aromatic rings. The molecule has 1 aromatic carbocycles. The summed E-state index contributed by atoms with van der Waals surface area (Å²) in [6, 6.07) is 7.59. The van der Waals surface area contributed by atoms with Crippen LogP contribution in [0, 0.1) is 5.41 Å². The molecule has 1 saturated carbocycles. The zero-order valence-corrected chi connectivity index (χ0v) is 12.1. The van der Waals surface area contributed by atoms with Gasteiger partial charge in [-0.25, -0.2) is 5.14 Å². The maximum atomic E-state index is 11.0. The number of rotatable bonds is 4. The number of hydrogen-bond donors (Lipinski definition) is 3. The van der Waals surface area contributed by atoms with Crippen LogP contribution >= 0.6 is 0 Å². The van der Waals surface area contributed by atoms with E-state index in [1.165, 1.54) is 12.8 Å². The van der Waals surface area contributed by atoms with Gasteiger partial charge >= 0.3 is 0 Å². The van der Waals surface area contributed by atoms with Crippen molar-refractivity contribution >= 4 is 21.6 Å². The summed E-state index contributed by atoms with van der Waals surface area (Å²) in [7, 11) is -3.72. The maximum Gasteiger partial charge on any atom is 0.296 e. The van der Waals surface area contributed by atoms with E-state index in [-0.39, 0.29) is 5.41 Å². The molecule has 1 fully saturated rings. The van der Waals surface area contributed by atoms with Gasteiger partial charge in [-0.2, -0.15) is 8.42 Å². The Morgan fingerprint density at radius 3 is 2.58 bits per heavy atom. The first kappa shape index (κ1) is 14.1. The van der Waals surface area contributed by atoms with Crippen LogP contribution in [0.3, 0.4) is 0 Å². The zero-order chi connectivity index (χ0) is 14.1. The minimum absolute atomic E-state index is 0.267. The third-order valence-corrected chi connectivity index (χ3v) is 4.24. The van der Waals surface area contributed by atoms with Crippen LogP contribution in [0.5, 0.6) is 0 Å². The minimum atomic E-state index is -3.72. The lowest BCUT2D eigenvalue weighted by Crippen LogP contribution is -2.30. The van der Waals surface area contributed by atoms with E-state index in [1.807, 2.05) is 6.07 Å². The van der Waals surface area contributed by atoms with E-state index in [2.05, 4.69) is 23.9 Å². The van der Waals surface area contributed by atoms with Crippen LogP contribution in [0.1, 0.15) is 33.1 Å². The van der Waals surface area contributed by atoms with Crippen LogP contribution in [-0.4, -0.2) is 14.5 Å². The first-order chi connectivity index (χ1) is 8.76. The van der Waals surface area contributed by atoms with Crippen LogP contribution in [0.2, 0.25) is 0 Å². The second kappa shape index (κ2) is 5.02. The summed E-state index contributed by atoms with van der Waals surface area (Å²) < 4.78 is 24.3. The third-order valence-electron chi connectivity index (χ3n) is 3.72. The molecule has 1 aliphatic carbocycles. The van der Waals surface area contributed by atoms with Crippen molar-refractivity contribution in [2.24, 2.45) is 10.6 Å². The van der Waals surface area contributed by atoms with E-state index in [4.69, 9.17) is 5.14 Å². The van der Waals surface area contributed by atoms with Gasteiger partial charge in [0.25, 0.3) is 10.2 Å². The Morgan fingerprint density at radius 2 is 2.00 bits per heavy atom. The average molecular weight is 283 g/mol. The highest BCUT2D eigenvalue weighted by Gasteiger charge is 2.34. The first-order valence-electron chi connectivity index (χ1n) is 6.43. The van der Waals surface area contributed by atoms with Crippen molar-refractivity contribution in [2.45, 2.75) is 39.2 Å². The highest BCUT2D eigenvalue weighted by Crippen LogP contribution is 2.39. The molecule has 1 atom stereocenters. The normalized spacial score (nSPS) is 22.2. The largest absolute Gasteiger partial charge is 0.382 e. The fourth-order valence-corrected chi connectivity index (χ4v) is 3.09. The summed E-state index contributed by atoms with van der Waals surface area (Å²) in [4.78, 5) is 0. The molecule has 0 amide bonds. The predicted octanol–water partition coefficient (Wildman–Crippen LogP) is 2.29. The van der Waals surface area contributed by atoms with Gasteiger partial charge in [-0.3, -0.25) is 4.72 Å². The summed E-state index contributed by atoms with van der Waals surface area (Å²) in [5.41, 5.74) is 1.65. The molecule has 6 heteroatoms. The molecule has 106 valence electrons. The molecule has 19 heavy (non-hydrogen) atoms. The van der Waals surface area contributed by atoms with Crippen LogP contribution in [-0.2, 0) is 10.2 Å². The molecular weight excluding hydrogens is 262 g/mol. The molecule has 1 unspecified atom stereocenters. The van der Waals surface area contributed by atoms with Gasteiger partial charge in [0.05, 0.1) is 5.69 Å². The van der Waals surface area contributed by atoms with Gasteiger partial charge in [0, 0.05) is 11.7 Å². The van der Waals surface area contributed by atoms with Gasteiger partial charge in [0.2, 0.25) is 0 Å². The summed E-state index contributed by atoms with van der Waals surface area (Å²) >= 11 is 0. The Morgan fingerprint density at radius 1 is 1.32 bits per heavy atom. The van der Waals surface area contributed by atoms with Crippen LogP contribution < -0.4 is 15.2 Å². The third kappa shape index (κ3) is 3.84. The lowest BCUT2D eigenvalue weighted by molar-refractivity contribution is 0.350. The van der Waals surface area contributed by atoms with E-state index in [1.54, 1.807) is 18.2 Å². The lowest BCUT2D eigenvalue weighted by atomic mass is 9.87. The van der Waals surface area contributed by atoms with Crippen molar-refractivity contribution in [3.05, 3.63) is 24.3 Å². The highest BCUT2D eigenvalue weighted by molar-refractivity contribution is 7.90. The van der Waals surface area contributed by atoms with Crippen molar-refractivity contribution < 1.29 is 8.42 Å². The molecular formula is C13H21N3O2S. The molecule has 2 rings (SSSR count). The Balaban J connectivity index is 2.11. The van der Waals surface area contributed by atoms with E-state index >= 15 is 0 Å². The SMILES string of the molecule is CC1(C)CCCC1Nc1cccc(NS(N)(=O)=O)c1. The van der Waals surface area contributed by atoms with Crippen LogP contribution in [0.25, 0.3) is 0 Å². The summed E-state index contributed by atoms with van der Waals surface area (Å²) in [5, 5.41) is 8.45. The summed E-state index contributed by atoms with van der Waals surface area (Å²) in [5.74, 6) is 0. The molecule has 0 aliphatic heterocycles. The molecule has 0 aromatic heterocycles. The van der Waals surface area contributed by atoms with E-state index in [0.29, 0.717) is 11.7 Å². The number of anilines is 2. The van der Waals surface area contributed by atoms with Gasteiger partial charge < -0.3 is 5.32 Å². The van der Waals surface area contributed by atoms with E-state index < -0.39 is 10.2 Å². The Hall–Kier alpha value is -1.27.